The lowest BCUT2D eigenvalue weighted by Gasteiger charge is -1.81. The molecule has 0 aliphatic carbocycles. The van der Waals surface area contributed by atoms with Gasteiger partial charge in [-0.15, -0.1) is 0 Å². The van der Waals surface area contributed by atoms with Gasteiger partial charge >= 0.3 is 0 Å². The molecule has 0 aromatic carbocycles. The molecule has 0 amide bonds. The molecule has 0 fully saturated rings. The molecule has 0 saturated carbocycles. The van der Waals surface area contributed by atoms with E-state index in [2.05, 4.69) is 25.9 Å². The van der Waals surface area contributed by atoms with E-state index in [0.29, 0.717) is 22.1 Å². The normalized spacial score (nSPS) is 10.1. The quantitative estimate of drug-likeness (QED) is 0.734. The van der Waals surface area contributed by atoms with Gasteiger partial charge in [0.25, 0.3) is 0 Å². The molecule has 0 aliphatic heterocycles. The third kappa shape index (κ3) is 1.44. The van der Waals surface area contributed by atoms with Crippen LogP contribution in [0.1, 0.15) is 5.82 Å². The number of nitrogens with zero attached hydrogens (tertiary/aromatic N) is 1. The predicted octanol–water partition coefficient (Wildman–Crippen LogP) is 1.28. The molecule has 1 aromatic heterocycles. The summed E-state index contributed by atoms with van der Waals surface area (Å²) in [7, 11) is 0. The average Bonchev–Trinajstić information content (AvgIpc) is 2.13. The summed E-state index contributed by atoms with van der Waals surface area (Å²) in [5, 5.41) is 0.496. The number of nitrogens with one attached hydrogen (secondary N) is 1. The summed E-state index contributed by atoms with van der Waals surface area (Å²) < 4.78 is 0.615. The monoisotopic (exact) mass is 209 g/mol. The van der Waals surface area contributed by atoms with Gasteiger partial charge in [0.2, 0.25) is 0 Å². The first-order valence-corrected chi connectivity index (χ1v) is 3.51. The van der Waals surface area contributed by atoms with E-state index in [9.17, 15) is 0 Å². The fraction of sp³-hybridized carbons (Fsp3) is 0.250. The molecule has 9 heavy (non-hydrogen) atoms. The van der Waals surface area contributed by atoms with Crippen molar-refractivity contribution in [2.45, 2.75) is 6.54 Å². The Morgan fingerprint density at radius 2 is 2.44 bits per heavy atom. The number of aromatic amines is 1. The number of aromatic nitrogens is 2. The van der Waals surface area contributed by atoms with Crippen molar-refractivity contribution in [3.05, 3.63) is 15.6 Å². The fourth-order valence-corrected chi connectivity index (χ4v) is 0.935. The second kappa shape index (κ2) is 2.68. The van der Waals surface area contributed by atoms with Crippen LogP contribution in [0.5, 0.6) is 0 Å². The van der Waals surface area contributed by atoms with Crippen LogP contribution in [0.15, 0.2) is 4.60 Å². The number of hydrogen-bond acceptors (Lipinski definition) is 2. The van der Waals surface area contributed by atoms with Gasteiger partial charge in [-0.2, -0.15) is 0 Å². The van der Waals surface area contributed by atoms with Crippen LogP contribution >= 0.6 is 27.5 Å². The summed E-state index contributed by atoms with van der Waals surface area (Å²) in [6.07, 6.45) is 0. The number of imidazole rings is 1. The molecular weight excluding hydrogens is 205 g/mol. The Bertz CT molecular complexity index is 190. The molecule has 0 unspecified atom stereocenters. The maximum absolute atomic E-state index is 5.59. The SMILES string of the molecule is NCc1nc(Br)c(Cl)[nH]1. The average molecular weight is 210 g/mol. The van der Waals surface area contributed by atoms with E-state index >= 15 is 0 Å². The van der Waals surface area contributed by atoms with Crippen molar-refractivity contribution in [3.63, 3.8) is 0 Å². The highest BCUT2D eigenvalue weighted by molar-refractivity contribution is 9.10. The van der Waals surface area contributed by atoms with E-state index in [4.69, 9.17) is 17.3 Å². The maximum atomic E-state index is 5.59. The summed E-state index contributed by atoms with van der Waals surface area (Å²) in [5.74, 6) is 0.687. The van der Waals surface area contributed by atoms with E-state index in [1.54, 1.807) is 0 Å². The Morgan fingerprint density at radius 1 is 1.78 bits per heavy atom. The standard InChI is InChI=1S/C4H5BrClN3/c5-3-4(6)9-2(1-7)8-3/h1,7H2,(H,8,9). The topological polar surface area (TPSA) is 54.7 Å². The number of hydrogen-bond donors (Lipinski definition) is 2. The van der Waals surface area contributed by atoms with Gasteiger partial charge in [-0.25, -0.2) is 4.98 Å². The Labute approximate surface area is 65.7 Å². The Hall–Kier alpha value is -0.0600. The Balaban J connectivity index is 2.98. The molecule has 0 atom stereocenters. The van der Waals surface area contributed by atoms with Gasteiger partial charge in [-0.1, -0.05) is 11.6 Å². The fourth-order valence-electron chi connectivity index (χ4n) is 0.470. The van der Waals surface area contributed by atoms with Gasteiger partial charge in [0, 0.05) is 0 Å². The van der Waals surface area contributed by atoms with Gasteiger partial charge in [0.15, 0.2) is 0 Å². The second-order valence-corrected chi connectivity index (χ2v) is 2.62. The number of rotatable bonds is 1. The van der Waals surface area contributed by atoms with Crippen LogP contribution in [0.2, 0.25) is 5.15 Å². The summed E-state index contributed by atoms with van der Waals surface area (Å²) in [5.41, 5.74) is 5.26. The van der Waals surface area contributed by atoms with E-state index < -0.39 is 0 Å². The van der Waals surface area contributed by atoms with Crippen molar-refractivity contribution in [2.24, 2.45) is 5.73 Å². The summed E-state index contributed by atoms with van der Waals surface area (Å²) in [4.78, 5) is 6.71. The molecule has 3 N–H and O–H groups in total. The summed E-state index contributed by atoms with van der Waals surface area (Å²) >= 11 is 8.71. The summed E-state index contributed by atoms with van der Waals surface area (Å²) in [6, 6.07) is 0. The third-order valence-corrected chi connectivity index (χ3v) is 1.94. The number of nitrogens with two attached hydrogens (primary N) is 1. The van der Waals surface area contributed by atoms with Gasteiger partial charge in [-0.3, -0.25) is 0 Å². The summed E-state index contributed by atoms with van der Waals surface area (Å²) in [6.45, 7) is 0.380. The zero-order chi connectivity index (χ0) is 6.85. The second-order valence-electron chi connectivity index (χ2n) is 1.49. The molecular formula is C4H5BrClN3. The van der Waals surface area contributed by atoms with Crippen molar-refractivity contribution in [1.82, 2.24) is 9.97 Å². The first-order chi connectivity index (χ1) is 4.24. The molecule has 1 aromatic rings. The molecule has 1 rings (SSSR count). The molecule has 1 heterocycles. The third-order valence-electron chi connectivity index (χ3n) is 0.862. The minimum atomic E-state index is 0.380. The van der Waals surface area contributed by atoms with Gasteiger partial charge in [-0.05, 0) is 15.9 Å². The number of halogens is 2. The number of H-pyrrole nitrogens is 1. The Morgan fingerprint density at radius 3 is 2.67 bits per heavy atom. The highest BCUT2D eigenvalue weighted by Gasteiger charge is 2.01. The van der Waals surface area contributed by atoms with Crippen LogP contribution in [0.3, 0.4) is 0 Å². The molecule has 5 heteroatoms. The molecule has 50 valence electrons. The molecule has 0 spiro atoms. The van der Waals surface area contributed by atoms with Crippen LogP contribution < -0.4 is 5.73 Å². The zero-order valence-corrected chi connectivity index (χ0v) is 6.83. The van der Waals surface area contributed by atoms with E-state index in [1.165, 1.54) is 0 Å². The molecule has 0 saturated heterocycles. The Kier molecular flexibility index (Phi) is 2.10. The lowest BCUT2D eigenvalue weighted by atomic mass is 10.6. The van der Waals surface area contributed by atoms with Crippen LogP contribution in [-0.2, 0) is 6.54 Å². The predicted molar refractivity (Wildman–Crippen MR) is 39.2 cm³/mol. The lowest BCUT2D eigenvalue weighted by Crippen LogP contribution is -1.97. The van der Waals surface area contributed by atoms with E-state index in [-0.39, 0.29) is 0 Å². The minimum absolute atomic E-state index is 0.380. The van der Waals surface area contributed by atoms with Gasteiger partial charge < -0.3 is 10.7 Å². The van der Waals surface area contributed by atoms with Crippen LogP contribution in [0.4, 0.5) is 0 Å². The minimum Gasteiger partial charge on any atom is -0.331 e. The molecule has 3 nitrogen and oxygen atoms in total. The van der Waals surface area contributed by atoms with Crippen molar-refractivity contribution in [2.75, 3.05) is 0 Å². The zero-order valence-electron chi connectivity index (χ0n) is 4.49. The van der Waals surface area contributed by atoms with Crippen molar-refractivity contribution in [1.29, 1.82) is 0 Å². The van der Waals surface area contributed by atoms with E-state index in [0.717, 1.165) is 0 Å². The van der Waals surface area contributed by atoms with Crippen molar-refractivity contribution in [3.8, 4) is 0 Å². The van der Waals surface area contributed by atoms with Crippen LogP contribution in [0.25, 0.3) is 0 Å². The van der Waals surface area contributed by atoms with Crippen LogP contribution in [-0.4, -0.2) is 9.97 Å². The van der Waals surface area contributed by atoms with Crippen molar-refractivity contribution < 1.29 is 0 Å². The smallest absolute Gasteiger partial charge is 0.143 e. The van der Waals surface area contributed by atoms with E-state index in [1.807, 2.05) is 0 Å². The van der Waals surface area contributed by atoms with Gasteiger partial charge in [0.05, 0.1) is 6.54 Å². The first-order valence-electron chi connectivity index (χ1n) is 2.34. The molecule has 0 bridgehead atoms. The molecule has 0 radical (unpaired) electrons. The largest absolute Gasteiger partial charge is 0.331 e. The van der Waals surface area contributed by atoms with Crippen molar-refractivity contribution >= 4 is 27.5 Å². The highest BCUT2D eigenvalue weighted by Crippen LogP contribution is 2.17. The first kappa shape index (κ1) is 7.05. The van der Waals surface area contributed by atoms with Crippen LogP contribution in [0, 0.1) is 0 Å². The molecule has 0 aliphatic rings. The van der Waals surface area contributed by atoms with Gasteiger partial charge in [0.1, 0.15) is 15.6 Å². The highest BCUT2D eigenvalue weighted by atomic mass is 79.9. The maximum Gasteiger partial charge on any atom is 0.143 e. The lowest BCUT2D eigenvalue weighted by molar-refractivity contribution is 0.947.